The van der Waals surface area contributed by atoms with Crippen molar-refractivity contribution in [2.24, 2.45) is 0 Å². The highest BCUT2D eigenvalue weighted by atomic mass is 16.2. The van der Waals surface area contributed by atoms with Crippen LogP contribution in [0.1, 0.15) is 37.2 Å². The number of anilines is 1. The molecule has 1 atom stereocenters. The highest BCUT2D eigenvalue weighted by Gasteiger charge is 2.29. The molecule has 8 heteroatoms. The second kappa shape index (κ2) is 6.34. The summed E-state index contributed by atoms with van der Waals surface area (Å²) in [6, 6.07) is 8.67. The Bertz CT molecular complexity index is 770. The van der Waals surface area contributed by atoms with Crippen molar-refractivity contribution in [3.63, 3.8) is 0 Å². The van der Waals surface area contributed by atoms with Crippen molar-refractivity contribution < 1.29 is 4.79 Å². The first-order valence-electron chi connectivity index (χ1n) is 8.73. The summed E-state index contributed by atoms with van der Waals surface area (Å²) in [5.41, 5.74) is 2.34. The third-order valence-corrected chi connectivity index (χ3v) is 4.93. The van der Waals surface area contributed by atoms with E-state index >= 15 is 0 Å². The number of nitrogens with zero attached hydrogens (tertiary/aromatic N) is 6. The third-order valence-electron chi connectivity index (χ3n) is 4.93. The van der Waals surface area contributed by atoms with Gasteiger partial charge in [0.25, 0.3) is 0 Å². The summed E-state index contributed by atoms with van der Waals surface area (Å²) in [6.07, 6.45) is 2.22. The summed E-state index contributed by atoms with van der Waals surface area (Å²) in [6.45, 7) is 3.82. The maximum Gasteiger partial charge on any atom is 0.318 e. The number of fused-ring (bicyclic) bond motifs is 1. The highest BCUT2D eigenvalue weighted by molar-refractivity contribution is 5.75. The minimum absolute atomic E-state index is 0.0806. The molecule has 1 saturated carbocycles. The van der Waals surface area contributed by atoms with Crippen LogP contribution in [-0.2, 0) is 13.1 Å². The van der Waals surface area contributed by atoms with Gasteiger partial charge in [0.05, 0.1) is 12.6 Å². The van der Waals surface area contributed by atoms with Crippen LogP contribution in [0.15, 0.2) is 24.3 Å². The minimum atomic E-state index is -0.0806. The molecule has 1 N–H and O–H groups in total. The molecule has 1 aromatic heterocycles. The van der Waals surface area contributed by atoms with Crippen molar-refractivity contribution in [3.8, 4) is 0 Å². The normalized spacial score (nSPS) is 20.2. The van der Waals surface area contributed by atoms with Crippen LogP contribution >= 0.6 is 0 Å². The molecule has 2 aliphatic rings. The molecule has 0 unspecified atom stereocenters. The molecule has 132 valence electrons. The van der Waals surface area contributed by atoms with Gasteiger partial charge in [0.1, 0.15) is 0 Å². The average Bonchev–Trinajstić information content (AvgIpc) is 3.37. The van der Waals surface area contributed by atoms with Crippen LogP contribution in [0, 0.1) is 0 Å². The molecule has 0 spiro atoms. The van der Waals surface area contributed by atoms with Gasteiger partial charge in [-0.25, -0.2) is 9.48 Å². The Morgan fingerprint density at radius 2 is 2.12 bits per heavy atom. The van der Waals surface area contributed by atoms with E-state index in [2.05, 4.69) is 51.8 Å². The predicted molar refractivity (Wildman–Crippen MR) is 93.0 cm³/mol. The molecule has 1 aliphatic heterocycles. The number of likely N-dealkylation sites (N-methyl/N-ethyl adjacent to an activating group) is 1. The van der Waals surface area contributed by atoms with Gasteiger partial charge in [0.15, 0.2) is 5.82 Å². The van der Waals surface area contributed by atoms with Crippen molar-refractivity contribution in [2.45, 2.75) is 44.9 Å². The lowest BCUT2D eigenvalue weighted by atomic mass is 10.1. The van der Waals surface area contributed by atoms with Crippen LogP contribution in [0.5, 0.6) is 0 Å². The molecule has 0 radical (unpaired) electrons. The first-order chi connectivity index (χ1) is 12.1. The fourth-order valence-corrected chi connectivity index (χ4v) is 3.41. The van der Waals surface area contributed by atoms with Crippen LogP contribution < -0.4 is 10.2 Å². The quantitative estimate of drug-likeness (QED) is 0.916. The fraction of sp³-hybridized carbons (Fsp3) is 0.529. The molecule has 1 aliphatic carbocycles. The number of rotatable bonds is 3. The molecule has 1 aromatic carbocycles. The molecule has 0 bridgehead atoms. The second-order valence-corrected chi connectivity index (χ2v) is 6.92. The first kappa shape index (κ1) is 15.9. The highest BCUT2D eigenvalue weighted by Crippen LogP contribution is 2.34. The summed E-state index contributed by atoms with van der Waals surface area (Å²) in [5.74, 6) is 0.718. The first-order valence-corrected chi connectivity index (χ1v) is 8.73. The zero-order valence-corrected chi connectivity index (χ0v) is 14.6. The molecule has 0 saturated heterocycles. The lowest BCUT2D eigenvalue weighted by Gasteiger charge is -2.28. The smallest absolute Gasteiger partial charge is 0.318 e. The predicted octanol–water partition coefficient (Wildman–Crippen LogP) is 1.56. The maximum absolute atomic E-state index is 12.8. The third kappa shape index (κ3) is 3.16. The molecule has 4 rings (SSSR count). The summed E-state index contributed by atoms with van der Waals surface area (Å²) >= 11 is 0. The van der Waals surface area contributed by atoms with E-state index in [4.69, 9.17) is 0 Å². The van der Waals surface area contributed by atoms with Gasteiger partial charge >= 0.3 is 6.03 Å². The number of tetrazole rings is 1. The fourth-order valence-electron chi connectivity index (χ4n) is 3.41. The Morgan fingerprint density at radius 3 is 2.92 bits per heavy atom. The van der Waals surface area contributed by atoms with E-state index in [-0.39, 0.29) is 12.1 Å². The van der Waals surface area contributed by atoms with Crippen LogP contribution in [0.3, 0.4) is 0 Å². The largest absolute Gasteiger partial charge is 0.372 e. The summed E-state index contributed by atoms with van der Waals surface area (Å²) < 4.78 is 1.83. The second-order valence-electron chi connectivity index (χ2n) is 6.92. The molecule has 1 fully saturated rings. The van der Waals surface area contributed by atoms with Gasteiger partial charge < -0.3 is 15.1 Å². The number of nitrogens with one attached hydrogen (secondary N) is 1. The van der Waals surface area contributed by atoms with Crippen LogP contribution in [-0.4, -0.2) is 50.8 Å². The number of para-hydroxylation sites is 1. The Morgan fingerprint density at radius 1 is 1.32 bits per heavy atom. The summed E-state index contributed by atoms with van der Waals surface area (Å²) in [7, 11) is 2.07. The number of urea groups is 1. The lowest BCUT2D eigenvalue weighted by Crippen LogP contribution is -2.46. The van der Waals surface area contributed by atoms with Gasteiger partial charge in [-0.3, -0.25) is 0 Å². The van der Waals surface area contributed by atoms with E-state index in [1.807, 2.05) is 21.7 Å². The SMILES string of the molecule is C[C@@H]1CN(C)c2ccccc2CN1C(=O)NCc1nnnn1C1CC1. The van der Waals surface area contributed by atoms with Crippen molar-refractivity contribution in [1.29, 1.82) is 0 Å². The van der Waals surface area contributed by atoms with Crippen molar-refractivity contribution in [1.82, 2.24) is 30.4 Å². The van der Waals surface area contributed by atoms with Crippen molar-refractivity contribution in [2.75, 3.05) is 18.5 Å². The van der Waals surface area contributed by atoms with E-state index in [0.717, 1.165) is 30.8 Å². The zero-order valence-electron chi connectivity index (χ0n) is 14.6. The van der Waals surface area contributed by atoms with Gasteiger partial charge in [-0.05, 0) is 41.8 Å². The Balaban J connectivity index is 1.46. The monoisotopic (exact) mass is 341 g/mol. The van der Waals surface area contributed by atoms with Crippen molar-refractivity contribution in [3.05, 3.63) is 35.7 Å². The average molecular weight is 341 g/mol. The molecule has 8 nitrogen and oxygen atoms in total. The molecular weight excluding hydrogens is 318 g/mol. The van der Waals surface area contributed by atoms with Crippen LogP contribution in [0.4, 0.5) is 10.5 Å². The number of carbonyl (C=O) groups excluding carboxylic acids is 1. The molecule has 2 amide bonds. The van der Waals surface area contributed by atoms with E-state index < -0.39 is 0 Å². The minimum Gasteiger partial charge on any atom is -0.372 e. The Hall–Kier alpha value is -2.64. The Kier molecular flexibility index (Phi) is 4.03. The number of carbonyl (C=O) groups is 1. The van der Waals surface area contributed by atoms with E-state index in [1.165, 1.54) is 5.69 Å². The number of benzene rings is 1. The van der Waals surface area contributed by atoms with E-state index in [0.29, 0.717) is 19.1 Å². The van der Waals surface area contributed by atoms with Gasteiger partial charge in [-0.1, -0.05) is 18.2 Å². The summed E-state index contributed by atoms with van der Waals surface area (Å²) in [4.78, 5) is 16.9. The van der Waals surface area contributed by atoms with E-state index in [9.17, 15) is 4.79 Å². The molecule has 2 aromatic rings. The molecule has 2 heterocycles. The van der Waals surface area contributed by atoms with Crippen molar-refractivity contribution >= 4 is 11.7 Å². The van der Waals surface area contributed by atoms with Crippen LogP contribution in [0.2, 0.25) is 0 Å². The maximum atomic E-state index is 12.8. The number of hydrogen-bond acceptors (Lipinski definition) is 5. The number of amides is 2. The van der Waals surface area contributed by atoms with Crippen LogP contribution in [0.25, 0.3) is 0 Å². The van der Waals surface area contributed by atoms with Gasteiger partial charge in [0, 0.05) is 31.9 Å². The topological polar surface area (TPSA) is 79.2 Å². The Labute approximate surface area is 146 Å². The number of hydrogen-bond donors (Lipinski definition) is 1. The standard InChI is InChI=1S/C17H23N7O/c1-12-10-22(2)15-6-4-3-5-13(15)11-23(12)17(25)18-9-16-19-20-21-24(16)14-7-8-14/h3-6,12,14H,7-11H2,1-2H3,(H,18,25)/t12-/m1/s1. The number of aromatic nitrogens is 4. The van der Waals surface area contributed by atoms with E-state index in [1.54, 1.807) is 0 Å². The summed E-state index contributed by atoms with van der Waals surface area (Å²) in [5, 5.41) is 14.8. The molecule has 25 heavy (non-hydrogen) atoms. The zero-order chi connectivity index (χ0) is 17.4. The van der Waals surface area contributed by atoms with Gasteiger partial charge in [-0.15, -0.1) is 5.10 Å². The molecular formula is C17H23N7O. The lowest BCUT2D eigenvalue weighted by molar-refractivity contribution is 0.177. The van der Waals surface area contributed by atoms with Gasteiger partial charge in [0.2, 0.25) is 0 Å². The van der Waals surface area contributed by atoms with Gasteiger partial charge in [-0.2, -0.15) is 0 Å².